The molecule has 3 rings (SSSR count). The van der Waals surface area contributed by atoms with Gasteiger partial charge in [-0.15, -0.1) is 11.3 Å². The fourth-order valence-electron chi connectivity index (χ4n) is 2.87. The van der Waals surface area contributed by atoms with Crippen molar-refractivity contribution in [2.24, 2.45) is 5.92 Å². The molecule has 0 spiro atoms. The van der Waals surface area contributed by atoms with Crippen molar-refractivity contribution in [3.8, 4) is 0 Å². The molecular weight excluding hydrogens is 242 g/mol. The Labute approximate surface area is 114 Å². The second kappa shape index (κ2) is 5.68. The van der Waals surface area contributed by atoms with Crippen LogP contribution in [0.4, 0.5) is 0 Å². The first-order chi connectivity index (χ1) is 8.81. The average molecular weight is 265 g/mol. The lowest BCUT2D eigenvalue weighted by Crippen LogP contribution is -2.37. The van der Waals surface area contributed by atoms with Gasteiger partial charge in [0.1, 0.15) is 0 Å². The van der Waals surface area contributed by atoms with Crippen molar-refractivity contribution in [1.82, 2.24) is 15.2 Å². The molecular formula is C14H23N3S. The fourth-order valence-corrected chi connectivity index (χ4v) is 3.47. The Kier molecular flexibility index (Phi) is 3.97. The first kappa shape index (κ1) is 12.6. The van der Waals surface area contributed by atoms with Gasteiger partial charge in [-0.1, -0.05) is 0 Å². The molecule has 0 bridgehead atoms. The van der Waals surface area contributed by atoms with E-state index in [1.165, 1.54) is 56.0 Å². The van der Waals surface area contributed by atoms with Crippen molar-refractivity contribution in [2.45, 2.75) is 45.2 Å². The molecule has 1 aliphatic carbocycles. The van der Waals surface area contributed by atoms with Gasteiger partial charge in [0.25, 0.3) is 0 Å². The zero-order valence-electron chi connectivity index (χ0n) is 11.2. The molecule has 18 heavy (non-hydrogen) atoms. The summed E-state index contributed by atoms with van der Waals surface area (Å²) in [6.45, 7) is 6.86. The molecule has 4 heteroatoms. The Hall–Kier alpha value is -0.450. The molecule has 0 atom stereocenters. The second-order valence-electron chi connectivity index (χ2n) is 5.71. The van der Waals surface area contributed by atoms with Gasteiger partial charge < -0.3 is 5.32 Å². The van der Waals surface area contributed by atoms with E-state index in [0.717, 1.165) is 18.5 Å². The van der Waals surface area contributed by atoms with Crippen molar-refractivity contribution in [3.63, 3.8) is 0 Å². The molecule has 2 fully saturated rings. The van der Waals surface area contributed by atoms with Crippen LogP contribution in [0.25, 0.3) is 0 Å². The highest BCUT2D eigenvalue weighted by Crippen LogP contribution is 2.30. The van der Waals surface area contributed by atoms with Crippen LogP contribution in [0.2, 0.25) is 0 Å². The number of nitrogens with zero attached hydrogens (tertiary/aromatic N) is 2. The molecule has 1 aliphatic heterocycles. The molecule has 2 aliphatic rings. The zero-order valence-corrected chi connectivity index (χ0v) is 12.0. The molecule has 1 N–H and O–H groups in total. The number of hydrogen-bond acceptors (Lipinski definition) is 4. The van der Waals surface area contributed by atoms with E-state index in [-0.39, 0.29) is 0 Å². The van der Waals surface area contributed by atoms with Crippen LogP contribution in [-0.2, 0) is 6.54 Å². The van der Waals surface area contributed by atoms with Crippen LogP contribution in [-0.4, -0.2) is 35.6 Å². The molecule has 0 radical (unpaired) electrons. The number of nitrogens with one attached hydrogen (secondary N) is 1. The minimum atomic E-state index is 0.849. The van der Waals surface area contributed by atoms with E-state index < -0.39 is 0 Å². The number of piperidine rings is 1. The normalized spacial score (nSPS) is 21.7. The van der Waals surface area contributed by atoms with Crippen LogP contribution in [0.1, 0.15) is 36.4 Å². The lowest BCUT2D eigenvalue weighted by atomic mass is 9.97. The summed E-state index contributed by atoms with van der Waals surface area (Å²) in [5.74, 6) is 0.895. The lowest BCUT2D eigenvalue weighted by Gasteiger charge is -2.29. The Bertz CT molecular complexity index is 380. The largest absolute Gasteiger partial charge is 0.317 e. The molecule has 2 heterocycles. The predicted octanol–water partition coefficient (Wildman–Crippen LogP) is 2.42. The highest BCUT2D eigenvalue weighted by atomic mass is 32.1. The van der Waals surface area contributed by atoms with E-state index >= 15 is 0 Å². The maximum atomic E-state index is 4.62. The first-order valence-electron chi connectivity index (χ1n) is 7.17. The van der Waals surface area contributed by atoms with Gasteiger partial charge in [-0.25, -0.2) is 4.98 Å². The third kappa shape index (κ3) is 3.31. The lowest BCUT2D eigenvalue weighted by molar-refractivity contribution is 0.188. The van der Waals surface area contributed by atoms with Crippen LogP contribution < -0.4 is 5.32 Å². The average Bonchev–Trinajstić information content (AvgIpc) is 3.15. The quantitative estimate of drug-likeness (QED) is 0.886. The first-order valence-corrected chi connectivity index (χ1v) is 8.05. The van der Waals surface area contributed by atoms with Crippen molar-refractivity contribution < 1.29 is 0 Å². The number of hydrogen-bond donors (Lipinski definition) is 1. The van der Waals surface area contributed by atoms with E-state index in [9.17, 15) is 0 Å². The highest BCUT2D eigenvalue weighted by Gasteiger charge is 2.31. The Morgan fingerprint density at radius 3 is 2.72 bits per heavy atom. The van der Waals surface area contributed by atoms with Gasteiger partial charge in [-0.3, -0.25) is 4.90 Å². The summed E-state index contributed by atoms with van der Waals surface area (Å²) in [6, 6.07) is 0.849. The van der Waals surface area contributed by atoms with Crippen LogP contribution in [0.15, 0.2) is 5.38 Å². The van der Waals surface area contributed by atoms with E-state index in [1.54, 1.807) is 11.3 Å². The van der Waals surface area contributed by atoms with Crippen molar-refractivity contribution in [1.29, 1.82) is 0 Å². The number of thiazole rings is 1. The van der Waals surface area contributed by atoms with Gasteiger partial charge in [0.05, 0.1) is 10.7 Å². The summed E-state index contributed by atoms with van der Waals surface area (Å²) in [4.78, 5) is 7.30. The van der Waals surface area contributed by atoms with Crippen molar-refractivity contribution in [2.75, 3.05) is 19.6 Å². The summed E-state index contributed by atoms with van der Waals surface area (Å²) < 4.78 is 0. The fraction of sp³-hybridized carbons (Fsp3) is 0.786. The van der Waals surface area contributed by atoms with Crippen LogP contribution in [0, 0.1) is 12.8 Å². The Morgan fingerprint density at radius 1 is 1.33 bits per heavy atom. The molecule has 3 nitrogen and oxygen atoms in total. The van der Waals surface area contributed by atoms with E-state index in [1.807, 2.05) is 0 Å². The predicted molar refractivity (Wildman–Crippen MR) is 75.9 cm³/mol. The number of rotatable bonds is 5. The molecule has 0 unspecified atom stereocenters. The highest BCUT2D eigenvalue weighted by molar-refractivity contribution is 7.09. The maximum Gasteiger partial charge on any atom is 0.0897 e. The van der Waals surface area contributed by atoms with Gasteiger partial charge in [0, 0.05) is 24.5 Å². The second-order valence-corrected chi connectivity index (χ2v) is 6.77. The molecule has 100 valence electrons. The zero-order chi connectivity index (χ0) is 12.4. The SMILES string of the molecule is Cc1nc(CN(CC2CCNCC2)C2CC2)cs1. The summed E-state index contributed by atoms with van der Waals surface area (Å²) in [7, 11) is 0. The van der Waals surface area contributed by atoms with Crippen LogP contribution >= 0.6 is 11.3 Å². The van der Waals surface area contributed by atoms with Gasteiger partial charge in [-0.2, -0.15) is 0 Å². The topological polar surface area (TPSA) is 28.2 Å². The van der Waals surface area contributed by atoms with Crippen molar-refractivity contribution in [3.05, 3.63) is 16.1 Å². The molecule has 1 aromatic rings. The van der Waals surface area contributed by atoms with Crippen LogP contribution in [0.3, 0.4) is 0 Å². The van der Waals surface area contributed by atoms with Crippen molar-refractivity contribution >= 4 is 11.3 Å². The minimum Gasteiger partial charge on any atom is -0.317 e. The van der Waals surface area contributed by atoms with E-state index in [0.29, 0.717) is 0 Å². The van der Waals surface area contributed by atoms with Gasteiger partial charge in [0.2, 0.25) is 0 Å². The molecule has 1 saturated heterocycles. The van der Waals surface area contributed by atoms with Gasteiger partial charge in [-0.05, 0) is 51.6 Å². The number of aryl methyl sites for hydroxylation is 1. The Balaban J connectivity index is 1.57. The molecule has 0 aromatic carbocycles. The monoisotopic (exact) mass is 265 g/mol. The minimum absolute atomic E-state index is 0.849. The third-order valence-electron chi connectivity index (χ3n) is 4.05. The summed E-state index contributed by atoms with van der Waals surface area (Å²) in [6.07, 6.45) is 5.49. The third-order valence-corrected chi connectivity index (χ3v) is 4.87. The van der Waals surface area contributed by atoms with Crippen LogP contribution in [0.5, 0.6) is 0 Å². The standard InChI is InChI=1S/C14H23N3S/c1-11-16-13(10-18-11)9-17(14-2-3-14)8-12-4-6-15-7-5-12/h10,12,14-15H,2-9H2,1H3. The summed E-state index contributed by atoms with van der Waals surface area (Å²) >= 11 is 1.78. The molecule has 1 saturated carbocycles. The summed E-state index contributed by atoms with van der Waals surface area (Å²) in [5, 5.41) is 6.88. The molecule has 0 amide bonds. The maximum absolute atomic E-state index is 4.62. The number of aromatic nitrogens is 1. The summed E-state index contributed by atoms with van der Waals surface area (Å²) in [5.41, 5.74) is 1.28. The van der Waals surface area contributed by atoms with Gasteiger partial charge >= 0.3 is 0 Å². The van der Waals surface area contributed by atoms with E-state index in [4.69, 9.17) is 0 Å². The van der Waals surface area contributed by atoms with Gasteiger partial charge in [0.15, 0.2) is 0 Å². The molecule has 1 aromatic heterocycles. The smallest absolute Gasteiger partial charge is 0.0897 e. The Morgan fingerprint density at radius 2 is 2.11 bits per heavy atom. The van der Waals surface area contributed by atoms with E-state index in [2.05, 4.69) is 27.5 Å².